The third-order valence-electron chi connectivity index (χ3n) is 3.64. The van der Waals surface area contributed by atoms with E-state index in [2.05, 4.69) is 15.8 Å². The Labute approximate surface area is 156 Å². The molecule has 5 nitrogen and oxygen atoms in total. The van der Waals surface area contributed by atoms with Gasteiger partial charge >= 0.3 is 0 Å². The number of carbonyl (C=O) groups excluding carboxylic acids is 2. The Morgan fingerprint density at radius 3 is 2.42 bits per heavy atom. The fourth-order valence-electron chi connectivity index (χ4n) is 2.21. The minimum Gasteiger partial charge on any atom is -0.340 e. The molecule has 1 unspecified atom stereocenters. The summed E-state index contributed by atoms with van der Waals surface area (Å²) in [6.45, 7) is 3.54. The summed E-state index contributed by atoms with van der Waals surface area (Å²) >= 11 is 6.01. The normalized spacial score (nSPS) is 12.2. The van der Waals surface area contributed by atoms with Crippen LogP contribution in [0.15, 0.2) is 53.6 Å². The summed E-state index contributed by atoms with van der Waals surface area (Å²) < 4.78 is 13.7. The molecule has 0 fully saturated rings. The molecule has 0 heterocycles. The lowest BCUT2D eigenvalue weighted by molar-refractivity contribution is -0.123. The maximum atomic E-state index is 13.7. The first-order valence-corrected chi connectivity index (χ1v) is 8.40. The summed E-state index contributed by atoms with van der Waals surface area (Å²) in [5, 5.41) is 6.91. The Kier molecular flexibility index (Phi) is 6.86. The predicted octanol–water partition coefficient (Wildman–Crippen LogP) is 3.38. The van der Waals surface area contributed by atoms with Crippen molar-refractivity contribution in [2.45, 2.75) is 19.9 Å². The summed E-state index contributed by atoms with van der Waals surface area (Å²) in [4.78, 5) is 24.6. The highest BCUT2D eigenvalue weighted by molar-refractivity contribution is 6.33. The first-order chi connectivity index (χ1) is 12.4. The number of hydrogen-bond donors (Lipinski definition) is 2. The average Bonchev–Trinajstić information content (AvgIpc) is 2.61. The number of benzene rings is 2. The number of nitrogens with one attached hydrogen (secondary N) is 2. The van der Waals surface area contributed by atoms with Gasteiger partial charge in [-0.15, -0.1) is 0 Å². The molecule has 1 atom stereocenters. The molecule has 2 rings (SSSR count). The molecule has 0 aliphatic heterocycles. The fraction of sp³-hybridized carbons (Fsp3) is 0.211. The minimum atomic E-state index is -0.870. The second kappa shape index (κ2) is 9.10. The van der Waals surface area contributed by atoms with Gasteiger partial charge in [0.1, 0.15) is 11.9 Å². The van der Waals surface area contributed by atoms with E-state index in [4.69, 9.17) is 11.6 Å². The van der Waals surface area contributed by atoms with E-state index in [1.807, 2.05) is 0 Å². The van der Waals surface area contributed by atoms with E-state index >= 15 is 0 Å². The van der Waals surface area contributed by atoms with Crippen LogP contribution in [0.5, 0.6) is 0 Å². The standard InChI is InChI=1S/C19H19ClFN3O2/c1-12(2)17(23-18(25)14-8-4-6-10-16(14)21)19(26)24-22-11-13-7-3-5-9-15(13)20/h3-12,17H,1-2H3,(H,23,25)(H,24,26). The zero-order chi connectivity index (χ0) is 19.1. The summed E-state index contributed by atoms with van der Waals surface area (Å²) in [5.41, 5.74) is 2.90. The molecule has 2 aromatic rings. The molecule has 0 spiro atoms. The molecule has 26 heavy (non-hydrogen) atoms. The van der Waals surface area contributed by atoms with E-state index in [1.54, 1.807) is 44.2 Å². The van der Waals surface area contributed by atoms with Crippen LogP contribution in [0.3, 0.4) is 0 Å². The lowest BCUT2D eigenvalue weighted by Crippen LogP contribution is -2.48. The van der Waals surface area contributed by atoms with Gasteiger partial charge in [-0.2, -0.15) is 5.10 Å². The molecule has 0 aliphatic rings. The van der Waals surface area contributed by atoms with Crippen LogP contribution < -0.4 is 10.7 Å². The zero-order valence-electron chi connectivity index (χ0n) is 14.4. The van der Waals surface area contributed by atoms with Crippen LogP contribution in [0.4, 0.5) is 4.39 Å². The highest BCUT2D eigenvalue weighted by atomic mass is 35.5. The van der Waals surface area contributed by atoms with Crippen LogP contribution in [0.2, 0.25) is 5.02 Å². The SMILES string of the molecule is CC(C)C(NC(=O)c1ccccc1F)C(=O)NN=Cc1ccccc1Cl. The number of hydrogen-bond acceptors (Lipinski definition) is 3. The zero-order valence-corrected chi connectivity index (χ0v) is 15.1. The van der Waals surface area contributed by atoms with Crippen LogP contribution in [-0.2, 0) is 4.79 Å². The minimum absolute atomic E-state index is 0.120. The van der Waals surface area contributed by atoms with Gasteiger partial charge in [-0.25, -0.2) is 9.82 Å². The Bertz CT molecular complexity index is 824. The van der Waals surface area contributed by atoms with E-state index in [1.165, 1.54) is 24.4 Å². The van der Waals surface area contributed by atoms with Crippen molar-refractivity contribution in [3.63, 3.8) is 0 Å². The van der Waals surface area contributed by atoms with E-state index in [-0.39, 0.29) is 11.5 Å². The monoisotopic (exact) mass is 375 g/mol. The number of halogens is 2. The van der Waals surface area contributed by atoms with Gasteiger partial charge in [0, 0.05) is 10.6 Å². The first kappa shape index (κ1) is 19.6. The lowest BCUT2D eigenvalue weighted by atomic mass is 10.0. The Morgan fingerprint density at radius 2 is 1.77 bits per heavy atom. The van der Waals surface area contributed by atoms with Crippen LogP contribution in [-0.4, -0.2) is 24.1 Å². The van der Waals surface area contributed by atoms with Crippen molar-refractivity contribution in [3.8, 4) is 0 Å². The summed E-state index contributed by atoms with van der Waals surface area (Å²) in [5.74, 6) is -2.04. The summed E-state index contributed by atoms with van der Waals surface area (Å²) in [7, 11) is 0. The van der Waals surface area contributed by atoms with Crippen molar-refractivity contribution in [2.75, 3.05) is 0 Å². The van der Waals surface area contributed by atoms with Gasteiger partial charge in [0.25, 0.3) is 11.8 Å². The Balaban J connectivity index is 2.05. The van der Waals surface area contributed by atoms with Gasteiger partial charge in [0.2, 0.25) is 0 Å². The third-order valence-corrected chi connectivity index (χ3v) is 3.98. The van der Waals surface area contributed by atoms with Crippen LogP contribution in [0.1, 0.15) is 29.8 Å². The fourth-order valence-corrected chi connectivity index (χ4v) is 2.40. The maximum absolute atomic E-state index is 13.7. The molecule has 2 amide bonds. The summed E-state index contributed by atoms with van der Waals surface area (Å²) in [6.07, 6.45) is 1.41. The molecule has 0 saturated carbocycles. The van der Waals surface area contributed by atoms with Crippen molar-refractivity contribution in [1.82, 2.24) is 10.7 Å². The molecule has 0 aliphatic carbocycles. The molecular formula is C19H19ClFN3O2. The molecular weight excluding hydrogens is 357 g/mol. The van der Waals surface area contributed by atoms with Crippen molar-refractivity contribution in [1.29, 1.82) is 0 Å². The largest absolute Gasteiger partial charge is 0.340 e. The van der Waals surface area contributed by atoms with Gasteiger partial charge in [0.05, 0.1) is 11.8 Å². The van der Waals surface area contributed by atoms with E-state index < -0.39 is 23.7 Å². The van der Waals surface area contributed by atoms with Crippen LogP contribution in [0.25, 0.3) is 0 Å². The Hall–Kier alpha value is -2.73. The van der Waals surface area contributed by atoms with Gasteiger partial charge in [0.15, 0.2) is 0 Å². The molecule has 0 saturated heterocycles. The van der Waals surface area contributed by atoms with E-state index in [9.17, 15) is 14.0 Å². The lowest BCUT2D eigenvalue weighted by Gasteiger charge is -2.20. The topological polar surface area (TPSA) is 70.6 Å². The van der Waals surface area contributed by atoms with Gasteiger partial charge in [-0.1, -0.05) is 55.8 Å². The van der Waals surface area contributed by atoms with Crippen LogP contribution in [0, 0.1) is 11.7 Å². The molecule has 0 aromatic heterocycles. The molecule has 2 N–H and O–H groups in total. The predicted molar refractivity (Wildman–Crippen MR) is 99.7 cm³/mol. The highest BCUT2D eigenvalue weighted by Gasteiger charge is 2.25. The van der Waals surface area contributed by atoms with Gasteiger partial charge in [-0.05, 0) is 24.1 Å². The second-order valence-electron chi connectivity index (χ2n) is 5.93. The van der Waals surface area contributed by atoms with Gasteiger partial charge < -0.3 is 5.32 Å². The average molecular weight is 376 g/mol. The Morgan fingerprint density at radius 1 is 1.12 bits per heavy atom. The van der Waals surface area contributed by atoms with Crippen molar-refractivity contribution in [2.24, 2.45) is 11.0 Å². The second-order valence-corrected chi connectivity index (χ2v) is 6.34. The first-order valence-electron chi connectivity index (χ1n) is 8.03. The van der Waals surface area contributed by atoms with Gasteiger partial charge in [-0.3, -0.25) is 9.59 Å². The molecule has 0 bridgehead atoms. The molecule has 0 radical (unpaired) electrons. The van der Waals surface area contributed by atoms with E-state index in [0.717, 1.165) is 0 Å². The quantitative estimate of drug-likeness (QED) is 0.600. The summed E-state index contributed by atoms with van der Waals surface area (Å²) in [6, 6.07) is 11.7. The van der Waals surface area contributed by atoms with E-state index in [0.29, 0.717) is 10.6 Å². The maximum Gasteiger partial charge on any atom is 0.262 e. The number of nitrogens with zero attached hydrogens (tertiary/aromatic N) is 1. The van der Waals surface area contributed by atoms with Crippen LogP contribution >= 0.6 is 11.6 Å². The number of amides is 2. The van der Waals surface area contributed by atoms with Crippen molar-refractivity contribution in [3.05, 3.63) is 70.5 Å². The molecule has 136 valence electrons. The molecule has 7 heteroatoms. The number of hydrazone groups is 1. The third kappa shape index (κ3) is 5.13. The number of rotatable bonds is 6. The highest BCUT2D eigenvalue weighted by Crippen LogP contribution is 2.12. The number of carbonyl (C=O) groups is 2. The van der Waals surface area contributed by atoms with Crippen molar-refractivity contribution >= 4 is 29.6 Å². The van der Waals surface area contributed by atoms with Crippen molar-refractivity contribution < 1.29 is 14.0 Å². The molecule has 2 aromatic carbocycles. The smallest absolute Gasteiger partial charge is 0.262 e.